The van der Waals surface area contributed by atoms with Crippen LogP contribution in [0.3, 0.4) is 0 Å². The monoisotopic (exact) mass is 309 g/mol. The van der Waals surface area contributed by atoms with E-state index in [-0.39, 0.29) is 13.2 Å². The third-order valence-corrected chi connectivity index (χ3v) is 2.80. The van der Waals surface area contributed by atoms with Crippen molar-refractivity contribution in [2.45, 2.75) is 39.3 Å². The van der Waals surface area contributed by atoms with Gasteiger partial charge in [0.25, 0.3) is 0 Å². The number of carbonyl (C=O) groups excluding carboxylic acids is 1. The smallest absolute Gasteiger partial charge is 0.411 e. The summed E-state index contributed by atoms with van der Waals surface area (Å²) in [6.07, 6.45) is -0.668. The highest BCUT2D eigenvalue weighted by atomic mass is 16.6. The van der Waals surface area contributed by atoms with Crippen LogP contribution in [0.4, 0.5) is 4.79 Å². The van der Waals surface area contributed by atoms with Crippen LogP contribution in [0.1, 0.15) is 27.7 Å². The van der Waals surface area contributed by atoms with Gasteiger partial charge in [0.15, 0.2) is 0 Å². The van der Waals surface area contributed by atoms with Gasteiger partial charge in [0.2, 0.25) is 0 Å². The van der Waals surface area contributed by atoms with E-state index in [9.17, 15) is 9.59 Å². The first-order valence-electron chi connectivity index (χ1n) is 7.11. The van der Waals surface area contributed by atoms with Gasteiger partial charge in [0.05, 0.1) is 6.54 Å². The van der Waals surface area contributed by atoms with Gasteiger partial charge in [-0.3, -0.25) is 4.90 Å². The standard InChI is InChI=1S/C16H23NO5/c1-12(14(18)19)17(15(20)22-16(2,3)4)10-11-21-13-8-6-5-7-9-13/h5-9,12H,10-11H2,1-4H3,(H,18,19). The lowest BCUT2D eigenvalue weighted by atomic mass is 10.2. The third kappa shape index (κ3) is 6.03. The molecule has 0 radical (unpaired) electrons. The van der Waals surface area contributed by atoms with Gasteiger partial charge in [-0.1, -0.05) is 18.2 Å². The molecule has 1 rings (SSSR count). The molecule has 0 aliphatic heterocycles. The van der Waals surface area contributed by atoms with E-state index in [2.05, 4.69) is 0 Å². The maximum absolute atomic E-state index is 12.1. The number of amides is 1. The van der Waals surface area contributed by atoms with Crippen molar-refractivity contribution in [3.63, 3.8) is 0 Å². The fourth-order valence-corrected chi connectivity index (χ4v) is 1.68. The Hall–Kier alpha value is -2.24. The molecule has 6 heteroatoms. The molecule has 122 valence electrons. The van der Waals surface area contributed by atoms with Crippen LogP contribution in [0.2, 0.25) is 0 Å². The summed E-state index contributed by atoms with van der Waals surface area (Å²) in [4.78, 5) is 24.4. The summed E-state index contributed by atoms with van der Waals surface area (Å²) in [5.74, 6) is -0.430. The van der Waals surface area contributed by atoms with Gasteiger partial charge in [0.1, 0.15) is 24.0 Å². The summed E-state index contributed by atoms with van der Waals surface area (Å²) in [5.41, 5.74) is -0.687. The highest BCUT2D eigenvalue weighted by molar-refractivity contribution is 5.79. The van der Waals surface area contributed by atoms with Gasteiger partial charge in [-0.25, -0.2) is 9.59 Å². The highest BCUT2D eigenvalue weighted by Gasteiger charge is 2.29. The zero-order chi connectivity index (χ0) is 16.8. The van der Waals surface area contributed by atoms with Crippen LogP contribution >= 0.6 is 0 Å². The number of hydrogen-bond donors (Lipinski definition) is 1. The van der Waals surface area contributed by atoms with Crippen LogP contribution in [0.15, 0.2) is 30.3 Å². The zero-order valence-corrected chi connectivity index (χ0v) is 13.4. The Balaban J connectivity index is 2.66. The number of carbonyl (C=O) groups is 2. The summed E-state index contributed by atoms with van der Waals surface area (Å²) in [6, 6.07) is 8.12. The molecule has 1 aromatic rings. The molecule has 0 saturated heterocycles. The number of carboxylic acids is 1. The van der Waals surface area contributed by atoms with Crippen molar-refractivity contribution >= 4 is 12.1 Å². The number of benzene rings is 1. The van der Waals surface area contributed by atoms with Crippen molar-refractivity contribution in [1.29, 1.82) is 0 Å². The Morgan fingerprint density at radius 1 is 1.23 bits per heavy atom. The van der Waals surface area contributed by atoms with E-state index >= 15 is 0 Å². The van der Waals surface area contributed by atoms with Crippen molar-refractivity contribution in [3.05, 3.63) is 30.3 Å². The predicted molar refractivity (Wildman–Crippen MR) is 82.0 cm³/mol. The molecule has 1 N–H and O–H groups in total. The van der Waals surface area contributed by atoms with Gasteiger partial charge >= 0.3 is 12.1 Å². The Kier molecular flexibility index (Phi) is 6.22. The van der Waals surface area contributed by atoms with E-state index in [4.69, 9.17) is 14.6 Å². The Morgan fingerprint density at radius 2 is 1.82 bits per heavy atom. The van der Waals surface area contributed by atoms with Gasteiger partial charge < -0.3 is 14.6 Å². The maximum atomic E-state index is 12.1. The average molecular weight is 309 g/mol. The van der Waals surface area contributed by atoms with Gasteiger partial charge in [-0.2, -0.15) is 0 Å². The van der Waals surface area contributed by atoms with Crippen molar-refractivity contribution < 1.29 is 24.2 Å². The first-order valence-corrected chi connectivity index (χ1v) is 7.11. The molecular formula is C16H23NO5. The molecule has 0 aliphatic carbocycles. The summed E-state index contributed by atoms with van der Waals surface area (Å²) < 4.78 is 10.7. The molecule has 1 amide bonds. The molecule has 22 heavy (non-hydrogen) atoms. The quantitative estimate of drug-likeness (QED) is 0.874. The minimum absolute atomic E-state index is 0.122. The normalized spacial score (nSPS) is 12.4. The Bertz CT molecular complexity index is 495. The number of ether oxygens (including phenoxy) is 2. The number of hydrogen-bond acceptors (Lipinski definition) is 4. The summed E-state index contributed by atoms with van der Waals surface area (Å²) >= 11 is 0. The lowest BCUT2D eigenvalue weighted by Crippen LogP contribution is -2.47. The summed E-state index contributed by atoms with van der Waals surface area (Å²) in [7, 11) is 0. The van der Waals surface area contributed by atoms with Crippen LogP contribution < -0.4 is 4.74 Å². The molecule has 1 unspecified atom stereocenters. The SMILES string of the molecule is CC(C(=O)O)N(CCOc1ccccc1)C(=O)OC(C)(C)C. The molecule has 0 spiro atoms. The number of nitrogens with zero attached hydrogens (tertiary/aromatic N) is 1. The minimum atomic E-state index is -1.09. The molecule has 1 atom stereocenters. The van der Waals surface area contributed by atoms with Crippen LogP contribution in [-0.2, 0) is 9.53 Å². The first-order chi connectivity index (χ1) is 10.2. The molecule has 1 aromatic carbocycles. The minimum Gasteiger partial charge on any atom is -0.492 e. The molecule has 0 saturated carbocycles. The van der Waals surface area contributed by atoms with Gasteiger partial charge in [0, 0.05) is 0 Å². The molecule has 6 nitrogen and oxygen atoms in total. The molecule has 0 heterocycles. The van der Waals surface area contributed by atoms with Crippen molar-refractivity contribution in [3.8, 4) is 5.75 Å². The lowest BCUT2D eigenvalue weighted by molar-refractivity contribution is -0.142. The molecule has 0 aliphatic rings. The van der Waals surface area contributed by atoms with Crippen molar-refractivity contribution in [2.24, 2.45) is 0 Å². The van der Waals surface area contributed by atoms with Crippen molar-refractivity contribution in [2.75, 3.05) is 13.2 Å². The van der Waals surface area contributed by atoms with Crippen LogP contribution in [0.5, 0.6) is 5.75 Å². The molecule has 0 bridgehead atoms. The second-order valence-electron chi connectivity index (χ2n) is 5.85. The molecule has 0 aromatic heterocycles. The Morgan fingerprint density at radius 3 is 2.32 bits per heavy atom. The van der Waals surface area contributed by atoms with Gasteiger partial charge in [-0.05, 0) is 39.8 Å². The second kappa shape index (κ2) is 7.68. The largest absolute Gasteiger partial charge is 0.492 e. The predicted octanol–water partition coefficient (Wildman–Crippen LogP) is 2.78. The van der Waals surface area contributed by atoms with E-state index < -0.39 is 23.7 Å². The molecular weight excluding hydrogens is 286 g/mol. The maximum Gasteiger partial charge on any atom is 0.411 e. The number of rotatable bonds is 6. The van der Waals surface area contributed by atoms with E-state index in [1.54, 1.807) is 32.9 Å². The third-order valence-electron chi connectivity index (χ3n) is 2.80. The highest BCUT2D eigenvalue weighted by Crippen LogP contribution is 2.13. The van der Waals surface area contributed by atoms with Crippen LogP contribution in [-0.4, -0.2) is 46.9 Å². The number of carboxylic acid groups (broad SMARTS) is 1. The van der Waals surface area contributed by atoms with E-state index in [1.807, 2.05) is 18.2 Å². The fourth-order valence-electron chi connectivity index (χ4n) is 1.68. The zero-order valence-electron chi connectivity index (χ0n) is 13.4. The van der Waals surface area contributed by atoms with Crippen LogP contribution in [0.25, 0.3) is 0 Å². The van der Waals surface area contributed by atoms with Gasteiger partial charge in [-0.15, -0.1) is 0 Å². The first kappa shape index (κ1) is 17.8. The number of aliphatic carboxylic acids is 1. The van der Waals surface area contributed by atoms with E-state index in [1.165, 1.54) is 6.92 Å². The summed E-state index contributed by atoms with van der Waals surface area (Å²) in [5, 5.41) is 9.13. The average Bonchev–Trinajstić information content (AvgIpc) is 2.42. The molecule has 0 fully saturated rings. The fraction of sp³-hybridized carbons (Fsp3) is 0.500. The second-order valence-corrected chi connectivity index (χ2v) is 5.85. The van der Waals surface area contributed by atoms with Crippen LogP contribution in [0, 0.1) is 0 Å². The van der Waals surface area contributed by atoms with E-state index in [0.717, 1.165) is 4.90 Å². The summed E-state index contributed by atoms with van der Waals surface area (Å²) in [6.45, 7) is 6.94. The van der Waals surface area contributed by atoms with E-state index in [0.29, 0.717) is 5.75 Å². The lowest BCUT2D eigenvalue weighted by Gasteiger charge is -2.29. The number of para-hydroxylation sites is 1. The Labute approximate surface area is 130 Å². The topological polar surface area (TPSA) is 76.1 Å². The van der Waals surface area contributed by atoms with Crippen molar-refractivity contribution in [1.82, 2.24) is 4.90 Å².